The Morgan fingerprint density at radius 1 is 1.59 bits per heavy atom. The fourth-order valence-corrected chi connectivity index (χ4v) is 1.78. The smallest absolute Gasteiger partial charge is 0.337 e. The van der Waals surface area contributed by atoms with Gasteiger partial charge in [-0.2, -0.15) is 11.8 Å². The lowest BCUT2D eigenvalue weighted by Crippen LogP contribution is -2.08. The number of thioether (sulfide) groups is 1. The largest absolute Gasteiger partial charge is 0.478 e. The second-order valence-electron chi connectivity index (χ2n) is 3.50. The number of rotatable bonds is 6. The van der Waals surface area contributed by atoms with Crippen molar-refractivity contribution in [2.45, 2.75) is 6.42 Å². The number of carboxylic acid groups (broad SMARTS) is 1. The third-order valence-corrected chi connectivity index (χ3v) is 2.91. The summed E-state index contributed by atoms with van der Waals surface area (Å²) in [6.07, 6.45) is 2.87. The molecule has 4 N–H and O–H groups in total. The quantitative estimate of drug-likeness (QED) is 0.539. The van der Waals surface area contributed by atoms with Gasteiger partial charge in [-0.25, -0.2) is 9.18 Å². The topological polar surface area (TPSA) is 75.3 Å². The Morgan fingerprint density at radius 3 is 2.88 bits per heavy atom. The molecule has 0 saturated carbocycles. The first-order chi connectivity index (χ1) is 8.06. The maximum Gasteiger partial charge on any atom is 0.337 e. The fraction of sp³-hybridized carbons (Fsp3) is 0.364. The standard InChI is InChI=1S/C11H15FN2O2S/c1-17-4-2-3-14-10-5-7(11(15)16)9(13)6-8(10)12/h5-6,14H,2-4,13H2,1H3,(H,15,16). The zero-order valence-electron chi connectivity index (χ0n) is 9.50. The fourth-order valence-electron chi connectivity index (χ4n) is 1.35. The highest BCUT2D eigenvalue weighted by atomic mass is 32.2. The lowest BCUT2D eigenvalue weighted by atomic mass is 10.1. The highest BCUT2D eigenvalue weighted by Gasteiger charge is 2.12. The molecule has 0 aliphatic heterocycles. The molecule has 1 rings (SSSR count). The summed E-state index contributed by atoms with van der Waals surface area (Å²) in [6, 6.07) is 2.26. The molecule has 0 heterocycles. The third-order valence-electron chi connectivity index (χ3n) is 2.21. The molecular weight excluding hydrogens is 243 g/mol. The van der Waals surface area contributed by atoms with E-state index in [0.717, 1.165) is 18.2 Å². The normalized spacial score (nSPS) is 10.2. The van der Waals surface area contributed by atoms with E-state index in [-0.39, 0.29) is 16.9 Å². The van der Waals surface area contributed by atoms with Gasteiger partial charge in [-0.05, 0) is 30.6 Å². The van der Waals surface area contributed by atoms with Crippen LogP contribution in [0.2, 0.25) is 0 Å². The van der Waals surface area contributed by atoms with Crippen LogP contribution in [-0.2, 0) is 0 Å². The average Bonchev–Trinajstić information content (AvgIpc) is 2.26. The lowest BCUT2D eigenvalue weighted by Gasteiger charge is -2.09. The second-order valence-corrected chi connectivity index (χ2v) is 4.48. The van der Waals surface area contributed by atoms with E-state index in [4.69, 9.17) is 10.8 Å². The van der Waals surface area contributed by atoms with Gasteiger partial charge in [0.25, 0.3) is 0 Å². The molecule has 0 atom stereocenters. The Balaban J connectivity index is 2.77. The zero-order chi connectivity index (χ0) is 12.8. The van der Waals surface area contributed by atoms with Crippen molar-refractivity contribution >= 4 is 29.1 Å². The molecule has 0 fully saturated rings. The van der Waals surface area contributed by atoms with Crippen molar-refractivity contribution in [3.8, 4) is 0 Å². The first-order valence-electron chi connectivity index (χ1n) is 5.11. The predicted molar refractivity (Wildman–Crippen MR) is 69.3 cm³/mol. The molecule has 4 nitrogen and oxygen atoms in total. The number of halogens is 1. The molecule has 1 aromatic carbocycles. The Morgan fingerprint density at radius 2 is 2.29 bits per heavy atom. The Labute approximate surface area is 103 Å². The molecule has 0 aromatic heterocycles. The second kappa shape index (κ2) is 6.34. The Kier molecular flexibility index (Phi) is 5.09. The molecule has 0 aliphatic carbocycles. The molecule has 1 aromatic rings. The predicted octanol–water partition coefficient (Wildman–Crippen LogP) is 2.27. The number of nitrogens with two attached hydrogens (primary N) is 1. The van der Waals surface area contributed by atoms with Gasteiger partial charge in [-0.15, -0.1) is 0 Å². The van der Waals surface area contributed by atoms with Gasteiger partial charge in [0.05, 0.1) is 11.3 Å². The summed E-state index contributed by atoms with van der Waals surface area (Å²) in [5.74, 6) is -0.721. The van der Waals surface area contributed by atoms with Crippen molar-refractivity contribution in [2.24, 2.45) is 0 Å². The summed E-state index contributed by atoms with van der Waals surface area (Å²) in [5.41, 5.74) is 5.44. The SMILES string of the molecule is CSCCCNc1cc(C(=O)O)c(N)cc1F. The molecule has 0 unspecified atom stereocenters. The van der Waals surface area contributed by atoms with Gasteiger partial charge >= 0.3 is 5.97 Å². The van der Waals surface area contributed by atoms with E-state index < -0.39 is 11.8 Å². The first-order valence-corrected chi connectivity index (χ1v) is 6.50. The van der Waals surface area contributed by atoms with Crippen LogP contribution in [0.4, 0.5) is 15.8 Å². The van der Waals surface area contributed by atoms with Crippen LogP contribution in [0, 0.1) is 5.82 Å². The summed E-state index contributed by atoms with van der Waals surface area (Å²) in [4.78, 5) is 10.8. The van der Waals surface area contributed by atoms with Gasteiger partial charge in [0.1, 0.15) is 5.82 Å². The number of nitrogen functional groups attached to an aromatic ring is 1. The molecule has 0 saturated heterocycles. The van der Waals surface area contributed by atoms with E-state index in [2.05, 4.69) is 5.32 Å². The van der Waals surface area contributed by atoms with Crippen LogP contribution in [0.15, 0.2) is 12.1 Å². The minimum absolute atomic E-state index is 0.0651. The van der Waals surface area contributed by atoms with Crippen LogP contribution in [0.25, 0.3) is 0 Å². The number of nitrogens with one attached hydrogen (secondary N) is 1. The Bertz CT molecular complexity index is 413. The molecule has 0 amide bonds. The van der Waals surface area contributed by atoms with Crippen molar-refractivity contribution in [1.29, 1.82) is 0 Å². The van der Waals surface area contributed by atoms with Crippen LogP contribution in [0.5, 0.6) is 0 Å². The highest BCUT2D eigenvalue weighted by Crippen LogP contribution is 2.22. The van der Waals surface area contributed by atoms with Gasteiger partial charge in [-0.3, -0.25) is 0 Å². The summed E-state index contributed by atoms with van der Waals surface area (Å²) in [5, 5.41) is 11.7. The zero-order valence-corrected chi connectivity index (χ0v) is 10.3. The van der Waals surface area contributed by atoms with Crippen LogP contribution < -0.4 is 11.1 Å². The lowest BCUT2D eigenvalue weighted by molar-refractivity contribution is 0.0698. The summed E-state index contributed by atoms with van der Waals surface area (Å²) in [7, 11) is 0. The maximum atomic E-state index is 13.5. The van der Waals surface area contributed by atoms with E-state index in [1.807, 2.05) is 6.26 Å². The number of carboxylic acids is 1. The van der Waals surface area contributed by atoms with Gasteiger partial charge in [0.15, 0.2) is 0 Å². The first kappa shape index (κ1) is 13.6. The van der Waals surface area contributed by atoms with Gasteiger partial charge in [0, 0.05) is 12.2 Å². The molecule has 0 aliphatic rings. The molecule has 6 heteroatoms. The van der Waals surface area contributed by atoms with Gasteiger partial charge in [0.2, 0.25) is 0 Å². The summed E-state index contributed by atoms with van der Waals surface area (Å²) in [6.45, 7) is 0.598. The molecule has 0 radical (unpaired) electrons. The number of benzene rings is 1. The minimum atomic E-state index is -1.16. The molecule has 94 valence electrons. The molecule has 0 spiro atoms. The molecular formula is C11H15FN2O2S. The third kappa shape index (κ3) is 3.81. The highest BCUT2D eigenvalue weighted by molar-refractivity contribution is 7.98. The number of anilines is 2. The van der Waals surface area contributed by atoms with Crippen molar-refractivity contribution in [3.63, 3.8) is 0 Å². The van der Waals surface area contributed by atoms with Crippen molar-refractivity contribution in [2.75, 3.05) is 29.6 Å². The van der Waals surface area contributed by atoms with Crippen molar-refractivity contribution in [3.05, 3.63) is 23.5 Å². The van der Waals surface area contributed by atoms with Crippen molar-refractivity contribution in [1.82, 2.24) is 0 Å². The van der Waals surface area contributed by atoms with E-state index in [9.17, 15) is 9.18 Å². The van der Waals surface area contributed by atoms with E-state index in [0.29, 0.717) is 6.54 Å². The summed E-state index contributed by atoms with van der Waals surface area (Å²) >= 11 is 1.70. The number of carbonyl (C=O) groups is 1. The van der Waals surface area contributed by atoms with E-state index in [1.54, 1.807) is 11.8 Å². The number of hydrogen-bond acceptors (Lipinski definition) is 4. The van der Waals surface area contributed by atoms with Gasteiger partial charge < -0.3 is 16.2 Å². The van der Waals surface area contributed by atoms with Crippen LogP contribution >= 0.6 is 11.8 Å². The van der Waals surface area contributed by atoms with Gasteiger partial charge in [-0.1, -0.05) is 0 Å². The monoisotopic (exact) mass is 258 g/mol. The summed E-state index contributed by atoms with van der Waals surface area (Å²) < 4.78 is 13.5. The van der Waals surface area contributed by atoms with Crippen molar-refractivity contribution < 1.29 is 14.3 Å². The minimum Gasteiger partial charge on any atom is -0.478 e. The van der Waals surface area contributed by atoms with Crippen LogP contribution in [0.3, 0.4) is 0 Å². The van der Waals surface area contributed by atoms with Crippen LogP contribution in [0.1, 0.15) is 16.8 Å². The number of aromatic carboxylic acids is 1. The molecule has 17 heavy (non-hydrogen) atoms. The van der Waals surface area contributed by atoms with Crippen LogP contribution in [-0.4, -0.2) is 29.6 Å². The maximum absolute atomic E-state index is 13.5. The average molecular weight is 258 g/mol. The molecule has 0 bridgehead atoms. The van der Waals surface area contributed by atoms with E-state index in [1.165, 1.54) is 6.07 Å². The number of hydrogen-bond donors (Lipinski definition) is 3. The Hall–Kier alpha value is -1.43. The van der Waals surface area contributed by atoms with E-state index >= 15 is 0 Å².